The van der Waals surface area contributed by atoms with Crippen LogP contribution in [0, 0.1) is 0 Å². The second-order valence-electron chi connectivity index (χ2n) is 3.47. The van der Waals surface area contributed by atoms with Crippen LogP contribution in [0.3, 0.4) is 0 Å². The van der Waals surface area contributed by atoms with Gasteiger partial charge >= 0.3 is 0 Å². The van der Waals surface area contributed by atoms with Gasteiger partial charge in [0.25, 0.3) is 0 Å². The van der Waals surface area contributed by atoms with Crippen LogP contribution in [0.1, 0.15) is 10.4 Å². The molecular formula is C13H8OS. The lowest BCUT2D eigenvalue weighted by molar-refractivity contribution is 0.112. The Morgan fingerprint density at radius 1 is 1.07 bits per heavy atom. The third-order valence-electron chi connectivity index (χ3n) is 2.62. The molecule has 0 saturated carbocycles. The topological polar surface area (TPSA) is 17.1 Å². The molecule has 1 heterocycles. The summed E-state index contributed by atoms with van der Waals surface area (Å²) in [5.74, 6) is 0. The summed E-state index contributed by atoms with van der Waals surface area (Å²) >= 11 is 1.62. The number of thiophene rings is 1. The summed E-state index contributed by atoms with van der Waals surface area (Å²) in [6, 6.07) is 12.2. The summed E-state index contributed by atoms with van der Waals surface area (Å²) in [7, 11) is 0. The minimum atomic E-state index is 0.790. The number of carbonyl (C=O) groups is 1. The Bertz CT molecular complexity index is 652. The highest BCUT2D eigenvalue weighted by Crippen LogP contribution is 2.31. The number of aldehydes is 1. The molecule has 1 aromatic heterocycles. The van der Waals surface area contributed by atoms with Crippen LogP contribution in [-0.4, -0.2) is 6.29 Å². The number of benzene rings is 2. The fourth-order valence-corrected chi connectivity index (χ4v) is 2.82. The Morgan fingerprint density at radius 2 is 1.93 bits per heavy atom. The minimum absolute atomic E-state index is 0.790. The molecule has 0 bridgehead atoms. The monoisotopic (exact) mass is 212 g/mol. The van der Waals surface area contributed by atoms with E-state index in [2.05, 4.69) is 12.1 Å². The predicted octanol–water partition coefficient (Wildman–Crippen LogP) is 3.87. The lowest BCUT2D eigenvalue weighted by Gasteiger charge is -2.01. The first-order valence-electron chi connectivity index (χ1n) is 4.74. The van der Waals surface area contributed by atoms with Gasteiger partial charge in [-0.2, -0.15) is 0 Å². The van der Waals surface area contributed by atoms with E-state index in [1.165, 1.54) is 10.8 Å². The molecule has 0 spiro atoms. The molecule has 0 aliphatic rings. The summed E-state index contributed by atoms with van der Waals surface area (Å²) in [4.78, 5) is 11.0. The van der Waals surface area contributed by atoms with Crippen molar-refractivity contribution in [3.8, 4) is 0 Å². The van der Waals surface area contributed by atoms with Gasteiger partial charge in [0.2, 0.25) is 0 Å². The molecule has 1 nitrogen and oxygen atoms in total. The highest BCUT2D eigenvalue weighted by atomic mass is 32.1. The molecule has 72 valence electrons. The molecule has 0 N–H and O–H groups in total. The van der Waals surface area contributed by atoms with Crippen LogP contribution >= 0.6 is 11.3 Å². The van der Waals surface area contributed by atoms with Gasteiger partial charge in [-0.1, -0.05) is 24.3 Å². The molecule has 15 heavy (non-hydrogen) atoms. The quantitative estimate of drug-likeness (QED) is 0.560. The molecule has 0 unspecified atom stereocenters. The number of fused-ring (bicyclic) bond motifs is 3. The van der Waals surface area contributed by atoms with Crippen molar-refractivity contribution in [3.63, 3.8) is 0 Å². The second-order valence-corrected chi connectivity index (χ2v) is 4.38. The van der Waals surface area contributed by atoms with Gasteiger partial charge in [-0.15, -0.1) is 11.3 Å². The summed E-state index contributed by atoms with van der Waals surface area (Å²) in [5, 5.41) is 5.56. The Morgan fingerprint density at radius 3 is 2.80 bits per heavy atom. The Labute approximate surface area is 91.0 Å². The first-order valence-corrected chi connectivity index (χ1v) is 5.62. The third kappa shape index (κ3) is 1.18. The van der Waals surface area contributed by atoms with E-state index >= 15 is 0 Å². The zero-order valence-corrected chi connectivity index (χ0v) is 8.75. The maximum absolute atomic E-state index is 11.0. The molecule has 0 aliphatic carbocycles. The third-order valence-corrected chi connectivity index (χ3v) is 3.58. The van der Waals surface area contributed by atoms with Gasteiger partial charge in [0, 0.05) is 15.6 Å². The van der Waals surface area contributed by atoms with Crippen molar-refractivity contribution in [2.24, 2.45) is 0 Å². The largest absolute Gasteiger partial charge is 0.298 e. The van der Waals surface area contributed by atoms with Crippen molar-refractivity contribution in [1.82, 2.24) is 0 Å². The molecule has 3 rings (SSSR count). The van der Waals surface area contributed by atoms with E-state index in [4.69, 9.17) is 0 Å². The lowest BCUT2D eigenvalue weighted by Crippen LogP contribution is -1.81. The van der Waals surface area contributed by atoms with E-state index in [1.807, 2.05) is 29.6 Å². The maximum atomic E-state index is 11.0. The lowest BCUT2D eigenvalue weighted by atomic mass is 10.0. The molecule has 2 heteroatoms. The van der Waals surface area contributed by atoms with Crippen molar-refractivity contribution in [3.05, 3.63) is 47.3 Å². The molecule has 0 atom stereocenters. The zero-order valence-electron chi connectivity index (χ0n) is 7.94. The van der Waals surface area contributed by atoms with Crippen molar-refractivity contribution in [2.45, 2.75) is 0 Å². The standard InChI is InChI=1S/C13H8OS/c14-8-10-7-9-3-1-2-4-11(9)12-5-6-15-13(10)12/h1-8H. The normalized spacial score (nSPS) is 10.9. The molecule has 0 amide bonds. The van der Waals surface area contributed by atoms with Gasteiger partial charge in [-0.25, -0.2) is 0 Å². The Kier molecular flexibility index (Phi) is 1.82. The van der Waals surface area contributed by atoms with Crippen LogP contribution in [0.5, 0.6) is 0 Å². The zero-order chi connectivity index (χ0) is 10.3. The highest BCUT2D eigenvalue weighted by molar-refractivity contribution is 7.17. The molecule has 2 aromatic carbocycles. The Balaban J connectivity index is 2.62. The Hall–Kier alpha value is -1.67. The van der Waals surface area contributed by atoms with Crippen molar-refractivity contribution in [2.75, 3.05) is 0 Å². The average molecular weight is 212 g/mol. The molecule has 0 saturated heterocycles. The van der Waals surface area contributed by atoms with Crippen LogP contribution < -0.4 is 0 Å². The molecule has 0 radical (unpaired) electrons. The smallest absolute Gasteiger partial charge is 0.151 e. The van der Waals surface area contributed by atoms with Crippen molar-refractivity contribution in [1.29, 1.82) is 0 Å². The van der Waals surface area contributed by atoms with Gasteiger partial charge in [-0.05, 0) is 28.3 Å². The first-order chi connectivity index (χ1) is 7.40. The van der Waals surface area contributed by atoms with Gasteiger partial charge in [0.1, 0.15) is 0 Å². The second kappa shape index (κ2) is 3.17. The van der Waals surface area contributed by atoms with Gasteiger partial charge < -0.3 is 0 Å². The van der Waals surface area contributed by atoms with E-state index in [0.717, 1.165) is 21.9 Å². The molecule has 0 aliphatic heterocycles. The van der Waals surface area contributed by atoms with Gasteiger partial charge in [0.15, 0.2) is 6.29 Å². The number of hydrogen-bond donors (Lipinski definition) is 0. The van der Waals surface area contributed by atoms with Crippen LogP contribution in [0.2, 0.25) is 0 Å². The number of hydrogen-bond acceptors (Lipinski definition) is 2. The van der Waals surface area contributed by atoms with E-state index in [-0.39, 0.29) is 0 Å². The van der Waals surface area contributed by atoms with E-state index < -0.39 is 0 Å². The van der Waals surface area contributed by atoms with Gasteiger partial charge in [0.05, 0.1) is 0 Å². The van der Waals surface area contributed by atoms with E-state index in [9.17, 15) is 4.79 Å². The summed E-state index contributed by atoms with van der Waals surface area (Å²) in [6.45, 7) is 0. The highest BCUT2D eigenvalue weighted by Gasteiger charge is 2.06. The van der Waals surface area contributed by atoms with Crippen LogP contribution in [0.4, 0.5) is 0 Å². The fourth-order valence-electron chi connectivity index (χ4n) is 1.93. The van der Waals surface area contributed by atoms with Gasteiger partial charge in [-0.3, -0.25) is 4.79 Å². The maximum Gasteiger partial charge on any atom is 0.151 e. The average Bonchev–Trinajstić information content (AvgIpc) is 2.77. The summed E-state index contributed by atoms with van der Waals surface area (Å²) in [6.07, 6.45) is 0.936. The summed E-state index contributed by atoms with van der Waals surface area (Å²) < 4.78 is 1.09. The van der Waals surface area contributed by atoms with Crippen LogP contribution in [-0.2, 0) is 0 Å². The number of carbonyl (C=O) groups excluding carboxylic acids is 1. The van der Waals surface area contributed by atoms with E-state index in [0.29, 0.717) is 0 Å². The molecule has 0 fully saturated rings. The molecular weight excluding hydrogens is 204 g/mol. The predicted molar refractivity (Wildman–Crippen MR) is 64.7 cm³/mol. The van der Waals surface area contributed by atoms with Crippen LogP contribution in [0.25, 0.3) is 20.9 Å². The fraction of sp³-hybridized carbons (Fsp3) is 0. The van der Waals surface area contributed by atoms with Crippen molar-refractivity contribution < 1.29 is 4.79 Å². The minimum Gasteiger partial charge on any atom is -0.298 e. The number of rotatable bonds is 1. The summed E-state index contributed by atoms with van der Waals surface area (Å²) in [5.41, 5.74) is 0.790. The van der Waals surface area contributed by atoms with Crippen LogP contribution in [0.15, 0.2) is 41.8 Å². The SMILES string of the molecule is O=Cc1cc2ccccc2c2ccsc12. The van der Waals surface area contributed by atoms with Crippen molar-refractivity contribution >= 4 is 38.5 Å². The van der Waals surface area contributed by atoms with E-state index in [1.54, 1.807) is 11.3 Å². The molecule has 3 aromatic rings. The first kappa shape index (κ1) is 8.62.